The highest BCUT2D eigenvalue weighted by Gasteiger charge is 2.35. The Kier molecular flexibility index (Phi) is 4.29. The summed E-state index contributed by atoms with van der Waals surface area (Å²) in [7, 11) is 0. The second-order valence-electron chi connectivity index (χ2n) is 12.5. The van der Waals surface area contributed by atoms with Gasteiger partial charge in [0.25, 0.3) is 0 Å². The first-order chi connectivity index (χ1) is 21.1. The van der Waals surface area contributed by atoms with Crippen molar-refractivity contribution in [3.63, 3.8) is 0 Å². The summed E-state index contributed by atoms with van der Waals surface area (Å²) in [5, 5.41) is 10.0. The van der Waals surface area contributed by atoms with Gasteiger partial charge >= 0.3 is 0 Å². The van der Waals surface area contributed by atoms with Crippen molar-refractivity contribution in [1.82, 2.24) is 4.57 Å². The Hall–Kier alpha value is -5.34. The molecule has 43 heavy (non-hydrogen) atoms. The quantitative estimate of drug-likeness (QED) is 0.199. The SMILES string of the molecule is CC1(C)c2ccccc2-c2c3c1cccc3cc1c3ccc4ccccc4c3n(-c3ccc4oc5ccccc5c4c3)c21. The zero-order chi connectivity index (χ0) is 28.4. The van der Waals surface area contributed by atoms with Crippen LogP contribution >= 0.6 is 0 Å². The van der Waals surface area contributed by atoms with E-state index < -0.39 is 0 Å². The topological polar surface area (TPSA) is 18.1 Å². The molecule has 0 N–H and O–H groups in total. The number of para-hydroxylation sites is 1. The lowest BCUT2D eigenvalue weighted by Gasteiger charge is -2.35. The van der Waals surface area contributed by atoms with Crippen LogP contribution in [0.1, 0.15) is 25.0 Å². The van der Waals surface area contributed by atoms with Crippen molar-refractivity contribution in [2.75, 3.05) is 0 Å². The number of fused-ring (bicyclic) bond motifs is 11. The lowest BCUT2D eigenvalue weighted by Crippen LogP contribution is -2.23. The molecule has 7 aromatic carbocycles. The van der Waals surface area contributed by atoms with Crippen LogP contribution < -0.4 is 0 Å². The number of benzene rings is 7. The molecule has 0 amide bonds. The van der Waals surface area contributed by atoms with E-state index in [1.165, 1.54) is 65.6 Å². The molecule has 2 heterocycles. The van der Waals surface area contributed by atoms with Gasteiger partial charge in [0.15, 0.2) is 0 Å². The van der Waals surface area contributed by atoms with E-state index in [9.17, 15) is 0 Å². The van der Waals surface area contributed by atoms with Gasteiger partial charge in [-0.2, -0.15) is 0 Å². The van der Waals surface area contributed by atoms with Crippen molar-refractivity contribution in [3.8, 4) is 16.8 Å². The summed E-state index contributed by atoms with van der Waals surface area (Å²) in [5.41, 5.74) is 10.8. The van der Waals surface area contributed by atoms with Crippen molar-refractivity contribution >= 4 is 65.3 Å². The van der Waals surface area contributed by atoms with Crippen LogP contribution in [-0.2, 0) is 5.41 Å². The summed E-state index contributed by atoms with van der Waals surface area (Å²) in [6.07, 6.45) is 0. The van der Waals surface area contributed by atoms with Crippen LogP contribution in [0.5, 0.6) is 0 Å². The zero-order valence-electron chi connectivity index (χ0n) is 24.0. The Morgan fingerprint density at radius 3 is 2.19 bits per heavy atom. The highest BCUT2D eigenvalue weighted by atomic mass is 16.3. The Morgan fingerprint density at radius 2 is 1.26 bits per heavy atom. The smallest absolute Gasteiger partial charge is 0.135 e. The normalized spacial score (nSPS) is 14.0. The van der Waals surface area contributed by atoms with E-state index in [0.717, 1.165) is 27.6 Å². The molecule has 10 rings (SSSR count). The van der Waals surface area contributed by atoms with Crippen molar-refractivity contribution < 1.29 is 4.42 Å². The van der Waals surface area contributed by atoms with Gasteiger partial charge in [0.1, 0.15) is 11.2 Å². The number of nitrogens with zero attached hydrogens (tertiary/aromatic N) is 1. The Bertz CT molecular complexity index is 2650. The molecule has 0 bridgehead atoms. The molecule has 0 aliphatic heterocycles. The molecule has 0 saturated carbocycles. The molecule has 1 aliphatic rings. The molecule has 2 heteroatoms. The standard InChI is InChI=1S/C41H27NO/c1-41(2)33-15-7-5-14-30(33)38-37-25(11-9-16-34(37)41)22-32-29-20-18-24-10-3-4-12-27(24)39(29)42(40(32)38)26-19-21-36-31(23-26)28-13-6-8-17-35(28)43-36/h3-23H,1-2H3. The summed E-state index contributed by atoms with van der Waals surface area (Å²) in [5.74, 6) is 0. The molecule has 202 valence electrons. The van der Waals surface area contributed by atoms with Gasteiger partial charge in [-0.05, 0) is 63.2 Å². The first-order valence-electron chi connectivity index (χ1n) is 15.0. The lowest BCUT2D eigenvalue weighted by atomic mass is 9.68. The molecule has 0 fully saturated rings. The molecular formula is C41H27NO. The number of furan rings is 1. The number of rotatable bonds is 1. The zero-order valence-corrected chi connectivity index (χ0v) is 24.0. The van der Waals surface area contributed by atoms with E-state index in [-0.39, 0.29) is 5.41 Å². The van der Waals surface area contributed by atoms with E-state index in [1.807, 2.05) is 6.07 Å². The maximum absolute atomic E-state index is 6.26. The van der Waals surface area contributed by atoms with Gasteiger partial charge in [-0.25, -0.2) is 0 Å². The summed E-state index contributed by atoms with van der Waals surface area (Å²) >= 11 is 0. The van der Waals surface area contributed by atoms with Crippen molar-refractivity contribution in [2.45, 2.75) is 19.3 Å². The second-order valence-corrected chi connectivity index (χ2v) is 12.5. The second kappa shape index (κ2) is 7.93. The monoisotopic (exact) mass is 549 g/mol. The fourth-order valence-electron chi connectivity index (χ4n) is 7.99. The van der Waals surface area contributed by atoms with E-state index in [0.29, 0.717) is 0 Å². The molecule has 2 nitrogen and oxygen atoms in total. The van der Waals surface area contributed by atoms with Crippen LogP contribution in [0.3, 0.4) is 0 Å². The predicted octanol–water partition coefficient (Wildman–Crippen LogP) is 11.3. The van der Waals surface area contributed by atoms with Crippen LogP contribution in [0.15, 0.2) is 132 Å². The van der Waals surface area contributed by atoms with Crippen LogP contribution in [0, 0.1) is 0 Å². The van der Waals surface area contributed by atoms with E-state index in [1.54, 1.807) is 0 Å². The van der Waals surface area contributed by atoms with Gasteiger partial charge in [-0.15, -0.1) is 0 Å². The third-order valence-electron chi connectivity index (χ3n) is 9.94. The summed E-state index contributed by atoms with van der Waals surface area (Å²) in [6.45, 7) is 4.74. The van der Waals surface area contributed by atoms with Crippen LogP contribution in [-0.4, -0.2) is 4.57 Å². The minimum absolute atomic E-state index is 0.102. The van der Waals surface area contributed by atoms with E-state index in [4.69, 9.17) is 4.42 Å². The minimum Gasteiger partial charge on any atom is -0.456 e. The van der Waals surface area contributed by atoms with Crippen molar-refractivity contribution in [1.29, 1.82) is 0 Å². The molecule has 9 aromatic rings. The van der Waals surface area contributed by atoms with Gasteiger partial charge in [-0.3, -0.25) is 0 Å². The van der Waals surface area contributed by atoms with Crippen molar-refractivity contribution in [2.24, 2.45) is 0 Å². The highest BCUT2D eigenvalue weighted by molar-refractivity contribution is 6.26. The average Bonchev–Trinajstić information content (AvgIpc) is 3.58. The third kappa shape index (κ3) is 2.88. The largest absolute Gasteiger partial charge is 0.456 e. The maximum Gasteiger partial charge on any atom is 0.135 e. The minimum atomic E-state index is -0.102. The molecule has 0 unspecified atom stereocenters. The van der Waals surface area contributed by atoms with Crippen LogP contribution in [0.2, 0.25) is 0 Å². The third-order valence-corrected chi connectivity index (χ3v) is 9.94. The molecule has 2 aromatic heterocycles. The van der Waals surface area contributed by atoms with Crippen LogP contribution in [0.25, 0.3) is 82.1 Å². The first-order valence-corrected chi connectivity index (χ1v) is 15.0. The molecular weight excluding hydrogens is 522 g/mol. The highest BCUT2D eigenvalue weighted by Crippen LogP contribution is 2.53. The summed E-state index contributed by atoms with van der Waals surface area (Å²) in [4.78, 5) is 0. The van der Waals surface area contributed by atoms with Gasteiger partial charge in [0, 0.05) is 43.6 Å². The molecule has 1 aliphatic carbocycles. The molecule has 0 saturated heterocycles. The number of aromatic nitrogens is 1. The number of hydrogen-bond donors (Lipinski definition) is 0. The number of hydrogen-bond acceptors (Lipinski definition) is 1. The Balaban J connectivity index is 1.49. The fraction of sp³-hybridized carbons (Fsp3) is 0.0732. The molecule has 0 spiro atoms. The van der Waals surface area contributed by atoms with Crippen molar-refractivity contribution in [3.05, 3.63) is 139 Å². The maximum atomic E-state index is 6.26. The average molecular weight is 550 g/mol. The molecule has 0 atom stereocenters. The summed E-state index contributed by atoms with van der Waals surface area (Å²) < 4.78 is 8.79. The van der Waals surface area contributed by atoms with Gasteiger partial charge < -0.3 is 8.98 Å². The Labute approximate surface area is 248 Å². The Morgan fingerprint density at radius 1 is 0.512 bits per heavy atom. The summed E-state index contributed by atoms with van der Waals surface area (Å²) in [6, 6.07) is 46.7. The van der Waals surface area contributed by atoms with Gasteiger partial charge in [0.05, 0.1) is 11.0 Å². The molecule has 0 radical (unpaired) electrons. The van der Waals surface area contributed by atoms with E-state index in [2.05, 4.69) is 140 Å². The lowest BCUT2D eigenvalue weighted by molar-refractivity contribution is 0.645. The van der Waals surface area contributed by atoms with Gasteiger partial charge in [-0.1, -0.05) is 111 Å². The fourth-order valence-corrected chi connectivity index (χ4v) is 7.99. The van der Waals surface area contributed by atoms with Crippen LogP contribution in [0.4, 0.5) is 0 Å². The van der Waals surface area contributed by atoms with Gasteiger partial charge in [0.2, 0.25) is 0 Å². The first kappa shape index (κ1) is 23.2. The predicted molar refractivity (Wildman–Crippen MR) is 181 cm³/mol. The van der Waals surface area contributed by atoms with E-state index >= 15 is 0 Å².